The SMILES string of the molecule is CC1CCN(C2CCCC2S(C)(=O)=O)C1C(=O)O. The molecule has 1 aliphatic carbocycles. The third-order valence-corrected chi connectivity index (χ3v) is 6.04. The Hall–Kier alpha value is -0.620. The first-order valence-corrected chi connectivity index (χ1v) is 8.45. The Labute approximate surface area is 108 Å². The van der Waals surface area contributed by atoms with Crippen molar-refractivity contribution in [1.82, 2.24) is 4.90 Å². The maximum absolute atomic E-state index is 11.8. The summed E-state index contributed by atoms with van der Waals surface area (Å²) >= 11 is 0. The van der Waals surface area contributed by atoms with E-state index in [0.717, 1.165) is 19.3 Å². The molecule has 104 valence electrons. The molecule has 0 radical (unpaired) electrons. The maximum Gasteiger partial charge on any atom is 0.321 e. The molecule has 1 saturated heterocycles. The number of hydrogen-bond donors (Lipinski definition) is 1. The molecule has 1 heterocycles. The lowest BCUT2D eigenvalue weighted by atomic mass is 10.0. The number of aliphatic carboxylic acids is 1. The highest BCUT2D eigenvalue weighted by molar-refractivity contribution is 7.91. The van der Waals surface area contributed by atoms with Crippen molar-refractivity contribution < 1.29 is 18.3 Å². The fraction of sp³-hybridized carbons (Fsp3) is 0.917. The molecule has 1 aliphatic heterocycles. The van der Waals surface area contributed by atoms with Crippen LogP contribution in [0.4, 0.5) is 0 Å². The molecule has 1 N–H and O–H groups in total. The van der Waals surface area contributed by atoms with Gasteiger partial charge in [0.25, 0.3) is 0 Å². The van der Waals surface area contributed by atoms with Crippen LogP contribution < -0.4 is 0 Å². The molecular weight excluding hydrogens is 254 g/mol. The third kappa shape index (κ3) is 2.40. The number of likely N-dealkylation sites (tertiary alicyclic amines) is 1. The Bertz CT molecular complexity index is 433. The van der Waals surface area contributed by atoms with E-state index in [4.69, 9.17) is 0 Å². The Morgan fingerprint density at radius 1 is 1.28 bits per heavy atom. The van der Waals surface area contributed by atoms with E-state index < -0.39 is 21.8 Å². The van der Waals surface area contributed by atoms with Crippen molar-refractivity contribution in [1.29, 1.82) is 0 Å². The van der Waals surface area contributed by atoms with Gasteiger partial charge in [0, 0.05) is 12.3 Å². The Morgan fingerprint density at radius 2 is 1.94 bits per heavy atom. The molecule has 1 saturated carbocycles. The predicted molar refractivity (Wildman–Crippen MR) is 68.2 cm³/mol. The van der Waals surface area contributed by atoms with Gasteiger partial charge in [-0.15, -0.1) is 0 Å². The average Bonchev–Trinajstić information content (AvgIpc) is 2.80. The number of carbonyl (C=O) groups is 1. The topological polar surface area (TPSA) is 74.7 Å². The Kier molecular flexibility index (Phi) is 3.69. The van der Waals surface area contributed by atoms with Crippen LogP contribution in [0.5, 0.6) is 0 Å². The van der Waals surface area contributed by atoms with E-state index in [1.54, 1.807) is 0 Å². The molecule has 5 nitrogen and oxygen atoms in total. The van der Waals surface area contributed by atoms with Gasteiger partial charge in [0.1, 0.15) is 6.04 Å². The first-order valence-electron chi connectivity index (χ1n) is 6.50. The normalized spacial score (nSPS) is 38.1. The third-order valence-electron chi connectivity index (χ3n) is 4.39. The molecule has 4 atom stereocenters. The summed E-state index contributed by atoms with van der Waals surface area (Å²) in [5.41, 5.74) is 0. The fourth-order valence-electron chi connectivity index (χ4n) is 3.52. The van der Waals surface area contributed by atoms with Crippen LogP contribution in [0.15, 0.2) is 0 Å². The zero-order chi connectivity index (χ0) is 13.5. The van der Waals surface area contributed by atoms with Gasteiger partial charge in [0.2, 0.25) is 0 Å². The maximum atomic E-state index is 11.8. The van der Waals surface area contributed by atoms with E-state index >= 15 is 0 Å². The second-order valence-corrected chi connectivity index (χ2v) is 7.92. The van der Waals surface area contributed by atoms with E-state index in [2.05, 4.69) is 0 Å². The van der Waals surface area contributed by atoms with Crippen molar-refractivity contribution >= 4 is 15.8 Å². The van der Waals surface area contributed by atoms with Crippen molar-refractivity contribution in [2.45, 2.75) is 49.9 Å². The monoisotopic (exact) mass is 275 g/mol. The van der Waals surface area contributed by atoms with Gasteiger partial charge in [-0.2, -0.15) is 0 Å². The number of hydrogen-bond acceptors (Lipinski definition) is 4. The number of carboxylic acid groups (broad SMARTS) is 1. The van der Waals surface area contributed by atoms with Crippen LogP contribution in [0.1, 0.15) is 32.6 Å². The minimum Gasteiger partial charge on any atom is -0.480 e. The van der Waals surface area contributed by atoms with Gasteiger partial charge in [-0.1, -0.05) is 13.3 Å². The summed E-state index contributed by atoms with van der Waals surface area (Å²) in [6.45, 7) is 2.64. The van der Waals surface area contributed by atoms with Crippen molar-refractivity contribution in [2.24, 2.45) is 5.92 Å². The van der Waals surface area contributed by atoms with Crippen LogP contribution in [0.25, 0.3) is 0 Å². The minimum absolute atomic E-state index is 0.100. The molecule has 18 heavy (non-hydrogen) atoms. The van der Waals surface area contributed by atoms with Crippen LogP contribution in [-0.4, -0.2) is 54.5 Å². The van der Waals surface area contributed by atoms with Gasteiger partial charge in [-0.3, -0.25) is 9.69 Å². The molecule has 4 unspecified atom stereocenters. The van der Waals surface area contributed by atoms with Crippen LogP contribution in [-0.2, 0) is 14.6 Å². The standard InChI is InChI=1S/C12H21NO4S/c1-8-6-7-13(11(8)12(14)15)9-4-3-5-10(9)18(2,16)17/h8-11H,3-7H2,1-2H3,(H,14,15). The summed E-state index contributed by atoms with van der Waals surface area (Å²) in [5.74, 6) is -0.720. The number of carboxylic acids is 1. The van der Waals surface area contributed by atoms with Crippen LogP contribution >= 0.6 is 0 Å². The molecule has 2 aliphatic rings. The second-order valence-electron chi connectivity index (χ2n) is 5.65. The van der Waals surface area contributed by atoms with Crippen molar-refractivity contribution in [3.63, 3.8) is 0 Å². The molecule has 0 aromatic rings. The summed E-state index contributed by atoms with van der Waals surface area (Å²) in [4.78, 5) is 13.3. The van der Waals surface area contributed by atoms with E-state index in [-0.39, 0.29) is 17.2 Å². The molecule has 2 fully saturated rings. The van der Waals surface area contributed by atoms with E-state index in [1.165, 1.54) is 6.26 Å². The summed E-state index contributed by atoms with van der Waals surface area (Å²) in [6.07, 6.45) is 4.45. The molecule has 6 heteroatoms. The summed E-state index contributed by atoms with van der Waals surface area (Å²) in [7, 11) is -3.09. The molecule has 0 aromatic heterocycles. The van der Waals surface area contributed by atoms with Gasteiger partial charge >= 0.3 is 5.97 Å². The molecule has 0 amide bonds. The lowest BCUT2D eigenvalue weighted by Gasteiger charge is -2.32. The summed E-state index contributed by atoms with van der Waals surface area (Å²) < 4.78 is 23.6. The van der Waals surface area contributed by atoms with Gasteiger partial charge in [0.15, 0.2) is 9.84 Å². The van der Waals surface area contributed by atoms with Crippen LogP contribution in [0, 0.1) is 5.92 Å². The van der Waals surface area contributed by atoms with Gasteiger partial charge in [-0.25, -0.2) is 8.42 Å². The summed E-state index contributed by atoms with van der Waals surface area (Å²) in [6, 6.07) is -0.622. The molecule has 0 bridgehead atoms. The lowest BCUT2D eigenvalue weighted by Crippen LogP contribution is -2.49. The lowest BCUT2D eigenvalue weighted by molar-refractivity contribution is -0.144. The van der Waals surface area contributed by atoms with Crippen molar-refractivity contribution in [2.75, 3.05) is 12.8 Å². The fourth-order valence-corrected chi connectivity index (χ4v) is 4.98. The van der Waals surface area contributed by atoms with Crippen molar-refractivity contribution in [3.05, 3.63) is 0 Å². The Balaban J connectivity index is 2.23. The van der Waals surface area contributed by atoms with Crippen molar-refractivity contribution in [3.8, 4) is 0 Å². The van der Waals surface area contributed by atoms with E-state index in [0.29, 0.717) is 13.0 Å². The largest absolute Gasteiger partial charge is 0.480 e. The van der Waals surface area contributed by atoms with Crippen LogP contribution in [0.3, 0.4) is 0 Å². The number of nitrogens with zero attached hydrogens (tertiary/aromatic N) is 1. The Morgan fingerprint density at radius 3 is 2.50 bits per heavy atom. The highest BCUT2D eigenvalue weighted by atomic mass is 32.2. The van der Waals surface area contributed by atoms with Crippen LogP contribution in [0.2, 0.25) is 0 Å². The van der Waals surface area contributed by atoms with Gasteiger partial charge in [-0.05, 0) is 31.7 Å². The zero-order valence-electron chi connectivity index (χ0n) is 10.9. The highest BCUT2D eigenvalue weighted by Gasteiger charge is 2.46. The minimum atomic E-state index is -3.09. The smallest absolute Gasteiger partial charge is 0.321 e. The average molecular weight is 275 g/mol. The first kappa shape index (κ1) is 13.8. The van der Waals surface area contributed by atoms with Gasteiger partial charge in [0.05, 0.1) is 5.25 Å². The first-order chi connectivity index (χ1) is 8.32. The quantitative estimate of drug-likeness (QED) is 0.822. The molecule has 0 aromatic carbocycles. The second kappa shape index (κ2) is 4.81. The zero-order valence-corrected chi connectivity index (χ0v) is 11.7. The number of sulfone groups is 1. The number of rotatable bonds is 3. The summed E-state index contributed by atoms with van der Waals surface area (Å²) in [5, 5.41) is 8.93. The predicted octanol–water partition coefficient (Wildman–Crippen LogP) is 0.747. The molecule has 0 spiro atoms. The van der Waals surface area contributed by atoms with E-state index in [1.807, 2.05) is 11.8 Å². The van der Waals surface area contributed by atoms with E-state index in [9.17, 15) is 18.3 Å². The molecular formula is C12H21NO4S. The van der Waals surface area contributed by atoms with Gasteiger partial charge < -0.3 is 5.11 Å². The highest BCUT2D eigenvalue weighted by Crippen LogP contribution is 2.35. The molecule has 2 rings (SSSR count).